The van der Waals surface area contributed by atoms with Crippen LogP contribution in [0.1, 0.15) is 19.4 Å². The van der Waals surface area contributed by atoms with E-state index in [1.807, 2.05) is 38.1 Å². The summed E-state index contributed by atoms with van der Waals surface area (Å²) in [5.41, 5.74) is 1.68. The van der Waals surface area contributed by atoms with Crippen molar-refractivity contribution < 1.29 is 19.4 Å². The van der Waals surface area contributed by atoms with Crippen molar-refractivity contribution >= 4 is 11.6 Å². The molecule has 0 fully saturated rings. The summed E-state index contributed by atoms with van der Waals surface area (Å²) in [6, 6.07) is 12.4. The third-order valence-corrected chi connectivity index (χ3v) is 4.08. The Morgan fingerprint density at radius 3 is 2.54 bits per heavy atom. The Morgan fingerprint density at radius 2 is 1.92 bits per heavy atom. The molecule has 5 heteroatoms. The Balaban J connectivity index is 1.90. The van der Waals surface area contributed by atoms with Crippen LogP contribution < -0.4 is 14.4 Å². The number of methoxy groups -OCH3 is 1. The van der Waals surface area contributed by atoms with Crippen LogP contribution >= 0.6 is 0 Å². The zero-order valence-corrected chi connectivity index (χ0v) is 14.0. The molecule has 5 nitrogen and oxygen atoms in total. The van der Waals surface area contributed by atoms with Gasteiger partial charge in [-0.15, -0.1) is 0 Å². The normalized spacial score (nSPS) is 16.8. The lowest BCUT2D eigenvalue weighted by Crippen LogP contribution is -2.49. The van der Waals surface area contributed by atoms with Crippen LogP contribution in [0.4, 0.5) is 5.69 Å². The average Bonchev–Trinajstić information content (AvgIpc) is 2.56. The van der Waals surface area contributed by atoms with Gasteiger partial charge in [0.25, 0.3) is 5.91 Å². The lowest BCUT2D eigenvalue weighted by atomic mass is 10.0. The van der Waals surface area contributed by atoms with Crippen molar-refractivity contribution in [1.82, 2.24) is 0 Å². The molecule has 126 valence electrons. The molecule has 1 atom stereocenters. The fourth-order valence-electron chi connectivity index (χ4n) is 2.91. The van der Waals surface area contributed by atoms with Crippen LogP contribution in [0.3, 0.4) is 0 Å². The zero-order chi connectivity index (χ0) is 17.3. The highest BCUT2D eigenvalue weighted by molar-refractivity contribution is 6.00. The summed E-state index contributed by atoms with van der Waals surface area (Å²) in [6.07, 6.45) is -0.156. The van der Waals surface area contributed by atoms with Crippen LogP contribution in [0, 0.1) is 0 Å². The number of hydrogen-bond donors (Lipinski definition) is 1. The van der Waals surface area contributed by atoms with Gasteiger partial charge in [-0.2, -0.15) is 0 Å². The number of amides is 1. The highest BCUT2D eigenvalue weighted by atomic mass is 16.5. The number of benzene rings is 2. The van der Waals surface area contributed by atoms with Crippen molar-refractivity contribution in [2.75, 3.05) is 12.0 Å². The van der Waals surface area contributed by atoms with Gasteiger partial charge in [0.2, 0.25) is 0 Å². The summed E-state index contributed by atoms with van der Waals surface area (Å²) in [4.78, 5) is 14.6. The minimum atomic E-state index is -0.616. The first-order valence-electron chi connectivity index (χ1n) is 7.95. The van der Waals surface area contributed by atoms with Gasteiger partial charge in [0.1, 0.15) is 17.2 Å². The van der Waals surface area contributed by atoms with Gasteiger partial charge in [0.15, 0.2) is 6.10 Å². The maximum Gasteiger partial charge on any atom is 0.268 e. The van der Waals surface area contributed by atoms with Crippen molar-refractivity contribution in [1.29, 1.82) is 0 Å². The highest BCUT2D eigenvalue weighted by Gasteiger charge is 2.36. The van der Waals surface area contributed by atoms with E-state index >= 15 is 0 Å². The molecule has 0 spiro atoms. The average molecular weight is 327 g/mol. The monoisotopic (exact) mass is 327 g/mol. The molecule has 24 heavy (non-hydrogen) atoms. The molecule has 0 saturated heterocycles. The summed E-state index contributed by atoms with van der Waals surface area (Å²) in [5.74, 6) is 1.35. The number of fused-ring (bicyclic) bond motifs is 1. The molecule has 1 aliphatic rings. The van der Waals surface area contributed by atoms with Gasteiger partial charge in [0.05, 0.1) is 12.8 Å². The van der Waals surface area contributed by atoms with Crippen LogP contribution in [-0.2, 0) is 11.2 Å². The first-order valence-corrected chi connectivity index (χ1v) is 7.95. The summed E-state index contributed by atoms with van der Waals surface area (Å²) in [5, 5.41) is 9.72. The Morgan fingerprint density at radius 1 is 1.21 bits per heavy atom. The summed E-state index contributed by atoms with van der Waals surface area (Å²) < 4.78 is 11.0. The Bertz CT molecular complexity index is 740. The Labute approximate surface area is 141 Å². The van der Waals surface area contributed by atoms with Crippen molar-refractivity contribution in [2.45, 2.75) is 32.4 Å². The molecule has 0 saturated carbocycles. The second kappa shape index (κ2) is 6.43. The van der Waals surface area contributed by atoms with E-state index in [9.17, 15) is 9.90 Å². The minimum Gasteiger partial charge on any atom is -0.508 e. The van der Waals surface area contributed by atoms with E-state index in [0.717, 1.165) is 11.3 Å². The van der Waals surface area contributed by atoms with Crippen molar-refractivity contribution in [3.05, 3.63) is 48.0 Å². The van der Waals surface area contributed by atoms with Gasteiger partial charge >= 0.3 is 0 Å². The van der Waals surface area contributed by atoms with Crippen LogP contribution in [0.5, 0.6) is 17.2 Å². The smallest absolute Gasteiger partial charge is 0.268 e. The molecular weight excluding hydrogens is 306 g/mol. The largest absolute Gasteiger partial charge is 0.508 e. The van der Waals surface area contributed by atoms with Crippen molar-refractivity contribution in [2.24, 2.45) is 0 Å². The van der Waals surface area contributed by atoms with E-state index in [-0.39, 0.29) is 17.7 Å². The lowest BCUT2D eigenvalue weighted by Gasteiger charge is -2.37. The number of nitrogens with zero attached hydrogens (tertiary/aromatic N) is 1. The number of ether oxygens (including phenoxy) is 2. The molecule has 1 aliphatic heterocycles. The zero-order valence-electron chi connectivity index (χ0n) is 14.0. The van der Waals surface area contributed by atoms with E-state index in [0.29, 0.717) is 17.9 Å². The number of phenolic OH excluding ortho intramolecular Hbond substituents is 1. The maximum atomic E-state index is 12.9. The standard InChI is InChI=1S/C19H21NO4/c1-12(2)20-16-9-6-14(21)11-17(16)24-18(19(20)22)10-13-4-7-15(23-3)8-5-13/h4-9,11-12,18,21H,10H2,1-3H3. The van der Waals surface area contributed by atoms with Gasteiger partial charge in [-0.3, -0.25) is 4.79 Å². The molecule has 1 heterocycles. The van der Waals surface area contributed by atoms with Gasteiger partial charge in [-0.1, -0.05) is 12.1 Å². The highest BCUT2D eigenvalue weighted by Crippen LogP contribution is 2.38. The number of rotatable bonds is 4. The summed E-state index contributed by atoms with van der Waals surface area (Å²) in [6.45, 7) is 3.93. The fourth-order valence-corrected chi connectivity index (χ4v) is 2.91. The maximum absolute atomic E-state index is 12.9. The van der Waals surface area contributed by atoms with E-state index in [1.54, 1.807) is 30.2 Å². The third kappa shape index (κ3) is 3.02. The SMILES string of the molecule is COc1ccc(CC2Oc3cc(O)ccc3N(C(C)C)C2=O)cc1. The second-order valence-electron chi connectivity index (χ2n) is 6.11. The first-order chi connectivity index (χ1) is 11.5. The molecule has 0 radical (unpaired) electrons. The quantitative estimate of drug-likeness (QED) is 0.937. The fraction of sp³-hybridized carbons (Fsp3) is 0.316. The Hall–Kier alpha value is -2.69. The van der Waals surface area contributed by atoms with E-state index < -0.39 is 6.10 Å². The van der Waals surface area contributed by atoms with E-state index in [1.165, 1.54) is 0 Å². The number of anilines is 1. The molecule has 2 aromatic rings. The first kappa shape index (κ1) is 16.2. The summed E-state index contributed by atoms with van der Waals surface area (Å²) in [7, 11) is 1.62. The predicted octanol–water partition coefficient (Wildman–Crippen LogP) is 3.15. The molecule has 1 N–H and O–H groups in total. The van der Waals surface area contributed by atoms with E-state index in [2.05, 4.69) is 0 Å². The molecule has 0 aromatic heterocycles. The number of aromatic hydroxyl groups is 1. The molecule has 0 aliphatic carbocycles. The van der Waals surface area contributed by atoms with Gasteiger partial charge < -0.3 is 19.5 Å². The molecule has 1 unspecified atom stereocenters. The molecular formula is C19H21NO4. The molecule has 2 aromatic carbocycles. The van der Waals surface area contributed by atoms with Crippen molar-refractivity contribution in [3.8, 4) is 17.2 Å². The molecule has 1 amide bonds. The summed E-state index contributed by atoms with van der Waals surface area (Å²) >= 11 is 0. The number of phenols is 1. The molecule has 3 rings (SSSR count). The number of carbonyl (C=O) groups excluding carboxylic acids is 1. The van der Waals surface area contributed by atoms with Crippen molar-refractivity contribution in [3.63, 3.8) is 0 Å². The van der Waals surface area contributed by atoms with E-state index in [4.69, 9.17) is 9.47 Å². The van der Waals surface area contributed by atoms with Crippen LogP contribution in [0.15, 0.2) is 42.5 Å². The van der Waals surface area contributed by atoms with Gasteiger partial charge in [0, 0.05) is 18.5 Å². The lowest BCUT2D eigenvalue weighted by molar-refractivity contribution is -0.126. The predicted molar refractivity (Wildman–Crippen MR) is 91.8 cm³/mol. The molecule has 0 bridgehead atoms. The van der Waals surface area contributed by atoms with Gasteiger partial charge in [-0.25, -0.2) is 0 Å². The van der Waals surface area contributed by atoms with Crippen LogP contribution in [0.2, 0.25) is 0 Å². The number of carbonyl (C=O) groups is 1. The van der Waals surface area contributed by atoms with Gasteiger partial charge in [-0.05, 0) is 43.7 Å². The third-order valence-electron chi connectivity index (χ3n) is 4.08. The van der Waals surface area contributed by atoms with Crippen LogP contribution in [0.25, 0.3) is 0 Å². The number of hydrogen-bond acceptors (Lipinski definition) is 4. The van der Waals surface area contributed by atoms with Crippen LogP contribution in [-0.4, -0.2) is 30.3 Å². The minimum absolute atomic E-state index is 0.00283. The Kier molecular flexibility index (Phi) is 4.34. The topological polar surface area (TPSA) is 59.0 Å². The second-order valence-corrected chi connectivity index (χ2v) is 6.11.